The van der Waals surface area contributed by atoms with Crippen molar-refractivity contribution in [3.8, 4) is 0 Å². The van der Waals surface area contributed by atoms with Gasteiger partial charge < -0.3 is 5.73 Å². The molecule has 0 spiro atoms. The average Bonchev–Trinajstić information content (AvgIpc) is 3.10. The first-order valence-corrected chi connectivity index (χ1v) is 11.1. The van der Waals surface area contributed by atoms with Crippen molar-refractivity contribution in [1.29, 1.82) is 0 Å². The van der Waals surface area contributed by atoms with Gasteiger partial charge in [0.25, 0.3) is 0 Å². The van der Waals surface area contributed by atoms with Crippen molar-refractivity contribution in [1.82, 2.24) is 25.1 Å². The van der Waals surface area contributed by atoms with Crippen molar-refractivity contribution in [3.63, 3.8) is 0 Å². The molecule has 1 aliphatic heterocycles. The van der Waals surface area contributed by atoms with Crippen LogP contribution in [0.2, 0.25) is 0 Å². The summed E-state index contributed by atoms with van der Waals surface area (Å²) < 4.78 is 26.9. The first-order chi connectivity index (χ1) is 13.3. The van der Waals surface area contributed by atoms with Gasteiger partial charge in [-0.15, -0.1) is 5.10 Å². The molecular formula is C18H26N6O3S. The number of nitrogens with zero attached hydrogens (tertiary/aromatic N) is 5. The molecule has 10 heteroatoms. The second-order valence-corrected chi connectivity index (χ2v) is 9.19. The molecule has 2 heterocycles. The summed E-state index contributed by atoms with van der Waals surface area (Å²) in [7, 11) is -3.57. The Kier molecular flexibility index (Phi) is 6.09. The predicted molar refractivity (Wildman–Crippen MR) is 103 cm³/mol. The maximum Gasteiger partial charge on any atom is 0.220 e. The van der Waals surface area contributed by atoms with Crippen molar-refractivity contribution >= 4 is 15.7 Å². The number of piperidine rings is 1. The van der Waals surface area contributed by atoms with Gasteiger partial charge in [0.2, 0.25) is 5.91 Å². The lowest BCUT2D eigenvalue weighted by molar-refractivity contribution is -0.123. The van der Waals surface area contributed by atoms with E-state index in [-0.39, 0.29) is 28.6 Å². The lowest BCUT2D eigenvalue weighted by Crippen LogP contribution is -2.41. The SMILES string of the molecule is CC[C@H](c1nnnn1CS(=O)(=O)c1ccc(C)cc1)N1CCC(C(N)=O)CC1. The maximum atomic E-state index is 12.8. The third-order valence-corrected chi connectivity index (χ3v) is 6.86. The Balaban J connectivity index is 1.78. The number of amides is 1. The van der Waals surface area contributed by atoms with Crippen LogP contribution in [0.3, 0.4) is 0 Å². The number of hydrogen-bond acceptors (Lipinski definition) is 7. The number of benzene rings is 1. The summed E-state index contributed by atoms with van der Waals surface area (Å²) in [6.07, 6.45) is 2.11. The summed E-state index contributed by atoms with van der Waals surface area (Å²) in [6, 6.07) is 6.62. The average molecular weight is 407 g/mol. The summed E-state index contributed by atoms with van der Waals surface area (Å²) in [5.41, 5.74) is 6.41. The minimum atomic E-state index is -3.57. The van der Waals surface area contributed by atoms with Gasteiger partial charge in [0.1, 0.15) is 0 Å². The molecule has 2 N–H and O–H groups in total. The normalized spacial score (nSPS) is 17.5. The Morgan fingerprint density at radius 2 is 1.89 bits per heavy atom. The molecule has 1 amide bonds. The third kappa shape index (κ3) is 4.39. The Bertz CT molecular complexity index is 917. The number of primary amides is 1. The molecular weight excluding hydrogens is 380 g/mol. The van der Waals surface area contributed by atoms with Crippen LogP contribution in [0.15, 0.2) is 29.2 Å². The minimum Gasteiger partial charge on any atom is -0.369 e. The van der Waals surface area contributed by atoms with E-state index < -0.39 is 9.84 Å². The lowest BCUT2D eigenvalue weighted by atomic mass is 9.94. The summed E-state index contributed by atoms with van der Waals surface area (Å²) in [5, 5.41) is 11.8. The third-order valence-electron chi connectivity index (χ3n) is 5.29. The smallest absolute Gasteiger partial charge is 0.220 e. The molecule has 1 atom stereocenters. The monoisotopic (exact) mass is 406 g/mol. The number of aryl methyl sites for hydroxylation is 1. The van der Waals surface area contributed by atoms with Crippen molar-refractivity contribution in [3.05, 3.63) is 35.7 Å². The van der Waals surface area contributed by atoms with Gasteiger partial charge in [-0.25, -0.2) is 13.1 Å². The second-order valence-electron chi connectivity index (χ2n) is 7.23. The summed E-state index contributed by atoms with van der Waals surface area (Å²) in [4.78, 5) is 13.8. The van der Waals surface area contributed by atoms with Crippen molar-refractivity contribution in [2.45, 2.75) is 49.9 Å². The van der Waals surface area contributed by atoms with Crippen molar-refractivity contribution < 1.29 is 13.2 Å². The van der Waals surface area contributed by atoms with E-state index in [1.165, 1.54) is 4.68 Å². The van der Waals surface area contributed by atoms with Gasteiger partial charge in [0, 0.05) is 5.92 Å². The van der Waals surface area contributed by atoms with Gasteiger partial charge in [-0.05, 0) is 61.8 Å². The molecule has 0 radical (unpaired) electrons. The zero-order valence-corrected chi connectivity index (χ0v) is 17.0. The topological polar surface area (TPSA) is 124 Å². The van der Waals surface area contributed by atoms with Gasteiger partial charge >= 0.3 is 0 Å². The van der Waals surface area contributed by atoms with Crippen LogP contribution in [0, 0.1) is 12.8 Å². The van der Waals surface area contributed by atoms with Crippen LogP contribution in [0.25, 0.3) is 0 Å². The van der Waals surface area contributed by atoms with Gasteiger partial charge in [0.15, 0.2) is 21.5 Å². The van der Waals surface area contributed by atoms with Crippen molar-refractivity contribution in [2.75, 3.05) is 13.1 Å². The van der Waals surface area contributed by atoms with Crippen LogP contribution in [0.4, 0.5) is 0 Å². The molecule has 9 nitrogen and oxygen atoms in total. The fourth-order valence-corrected chi connectivity index (χ4v) is 4.83. The van der Waals surface area contributed by atoms with Crippen LogP contribution < -0.4 is 5.73 Å². The van der Waals surface area contributed by atoms with E-state index in [1.807, 2.05) is 13.8 Å². The summed E-state index contributed by atoms with van der Waals surface area (Å²) >= 11 is 0. The lowest BCUT2D eigenvalue weighted by Gasteiger charge is -2.35. The van der Waals surface area contributed by atoms with E-state index in [9.17, 15) is 13.2 Å². The van der Waals surface area contributed by atoms with Crippen LogP contribution in [0.1, 0.15) is 43.6 Å². The zero-order chi connectivity index (χ0) is 20.3. The molecule has 1 aliphatic rings. The van der Waals surface area contributed by atoms with Gasteiger partial charge in [-0.2, -0.15) is 0 Å². The zero-order valence-electron chi connectivity index (χ0n) is 16.2. The molecule has 28 heavy (non-hydrogen) atoms. The molecule has 0 bridgehead atoms. The van der Waals surface area contributed by atoms with E-state index in [0.29, 0.717) is 31.8 Å². The van der Waals surface area contributed by atoms with Crippen LogP contribution in [-0.4, -0.2) is 52.5 Å². The highest BCUT2D eigenvalue weighted by Crippen LogP contribution is 2.28. The standard InChI is InChI=1S/C18H26N6O3S/c1-3-16(23-10-8-14(9-11-23)17(19)25)18-20-21-22-24(18)12-28(26,27)15-6-4-13(2)5-7-15/h4-7,14,16H,3,8-12H2,1-2H3,(H2,19,25)/t16-/m1/s1. The number of carbonyl (C=O) groups excluding carboxylic acids is 1. The van der Waals surface area contributed by atoms with Crippen LogP contribution in [-0.2, 0) is 20.5 Å². The molecule has 152 valence electrons. The molecule has 2 aromatic rings. The largest absolute Gasteiger partial charge is 0.369 e. The van der Waals surface area contributed by atoms with Gasteiger partial charge in [-0.3, -0.25) is 9.69 Å². The Morgan fingerprint density at radius 1 is 1.25 bits per heavy atom. The number of rotatable bonds is 7. The first-order valence-electron chi connectivity index (χ1n) is 9.40. The highest BCUT2D eigenvalue weighted by molar-refractivity contribution is 7.90. The van der Waals surface area contributed by atoms with E-state index in [1.54, 1.807) is 24.3 Å². The number of hydrogen-bond donors (Lipinski definition) is 1. The van der Waals surface area contributed by atoms with Crippen LogP contribution in [0.5, 0.6) is 0 Å². The fourth-order valence-electron chi connectivity index (χ4n) is 3.62. The molecule has 3 rings (SSSR count). The molecule has 0 aliphatic carbocycles. The highest BCUT2D eigenvalue weighted by Gasteiger charge is 2.31. The Hall–Kier alpha value is -2.33. The molecule has 1 aromatic carbocycles. The number of likely N-dealkylation sites (tertiary alicyclic amines) is 1. The predicted octanol–water partition coefficient (Wildman–Crippen LogP) is 1.06. The fraction of sp³-hybridized carbons (Fsp3) is 0.556. The number of tetrazole rings is 1. The summed E-state index contributed by atoms with van der Waals surface area (Å²) in [6.45, 7) is 5.31. The number of aromatic nitrogens is 4. The van der Waals surface area contributed by atoms with Crippen LogP contribution >= 0.6 is 0 Å². The van der Waals surface area contributed by atoms with E-state index in [4.69, 9.17) is 5.73 Å². The van der Waals surface area contributed by atoms with E-state index in [2.05, 4.69) is 20.4 Å². The Morgan fingerprint density at radius 3 is 2.46 bits per heavy atom. The molecule has 1 aromatic heterocycles. The van der Waals surface area contributed by atoms with E-state index in [0.717, 1.165) is 12.0 Å². The second kappa shape index (κ2) is 8.36. The summed E-state index contributed by atoms with van der Waals surface area (Å²) in [5.74, 6) is -0.156. The highest BCUT2D eigenvalue weighted by atomic mass is 32.2. The molecule has 1 fully saturated rings. The molecule has 1 saturated heterocycles. The van der Waals surface area contributed by atoms with Crippen molar-refractivity contribution in [2.24, 2.45) is 11.7 Å². The van der Waals surface area contributed by atoms with E-state index >= 15 is 0 Å². The number of nitrogens with two attached hydrogens (primary N) is 1. The first kappa shape index (κ1) is 20.4. The minimum absolute atomic E-state index is 0.105. The quantitative estimate of drug-likeness (QED) is 0.729. The number of sulfone groups is 1. The maximum absolute atomic E-state index is 12.8. The number of carbonyl (C=O) groups is 1. The Labute approximate surface area is 164 Å². The molecule has 0 unspecified atom stereocenters. The molecule has 0 saturated carbocycles. The van der Waals surface area contributed by atoms with Gasteiger partial charge in [-0.1, -0.05) is 24.6 Å². The van der Waals surface area contributed by atoms with Gasteiger partial charge in [0.05, 0.1) is 10.9 Å².